The van der Waals surface area contributed by atoms with Gasteiger partial charge in [0.15, 0.2) is 0 Å². The third-order valence-corrected chi connectivity index (χ3v) is 5.36. The van der Waals surface area contributed by atoms with Gasteiger partial charge in [-0.3, -0.25) is 4.79 Å². The van der Waals surface area contributed by atoms with E-state index >= 15 is 0 Å². The second kappa shape index (κ2) is 11.0. The van der Waals surface area contributed by atoms with Crippen LogP contribution >= 0.6 is 0 Å². The maximum atomic E-state index is 11.1. The van der Waals surface area contributed by atoms with E-state index < -0.39 is 24.1 Å². The summed E-state index contributed by atoms with van der Waals surface area (Å²) < 4.78 is 5.62. The van der Waals surface area contributed by atoms with Crippen LogP contribution in [-0.2, 0) is 4.79 Å². The van der Waals surface area contributed by atoms with Crippen LogP contribution < -0.4 is 4.74 Å². The van der Waals surface area contributed by atoms with Crippen LogP contribution in [0.15, 0.2) is 48.6 Å². The third-order valence-electron chi connectivity index (χ3n) is 5.36. The fourth-order valence-corrected chi connectivity index (χ4v) is 3.65. The van der Waals surface area contributed by atoms with Gasteiger partial charge in [-0.05, 0) is 62.1 Å². The van der Waals surface area contributed by atoms with E-state index in [1.807, 2.05) is 50.3 Å². The zero-order chi connectivity index (χ0) is 20.5. The number of aliphatic hydroxyl groups excluding tert-OH is 2. The maximum Gasteiger partial charge on any atom is 0.310 e. The first kappa shape index (κ1) is 22.2. The number of ether oxygens (including phenoxy) is 1. The minimum atomic E-state index is -0.820. The van der Waals surface area contributed by atoms with Crippen molar-refractivity contribution in [1.82, 2.24) is 0 Å². The molecule has 0 amide bonds. The monoisotopic (exact) mass is 388 g/mol. The van der Waals surface area contributed by atoms with E-state index in [-0.39, 0.29) is 18.4 Å². The summed E-state index contributed by atoms with van der Waals surface area (Å²) in [5.41, 5.74) is 1.10. The summed E-state index contributed by atoms with van der Waals surface area (Å²) in [5.74, 6) is -0.357. The summed E-state index contributed by atoms with van der Waals surface area (Å²) >= 11 is 0. The van der Waals surface area contributed by atoms with E-state index in [4.69, 9.17) is 9.84 Å². The number of carbonyl (C=O) groups is 1. The summed E-state index contributed by atoms with van der Waals surface area (Å²) in [6, 6.07) is 7.69. The molecule has 5 nitrogen and oxygen atoms in total. The topological polar surface area (TPSA) is 87.0 Å². The highest BCUT2D eigenvalue weighted by Gasteiger charge is 2.32. The zero-order valence-electron chi connectivity index (χ0n) is 16.7. The highest BCUT2D eigenvalue weighted by molar-refractivity contribution is 5.71. The van der Waals surface area contributed by atoms with Gasteiger partial charge >= 0.3 is 5.97 Å². The van der Waals surface area contributed by atoms with Crippen molar-refractivity contribution in [2.75, 3.05) is 6.61 Å². The molecule has 0 saturated heterocycles. The molecule has 1 aliphatic carbocycles. The van der Waals surface area contributed by atoms with Crippen molar-refractivity contribution in [1.29, 1.82) is 0 Å². The van der Waals surface area contributed by atoms with Gasteiger partial charge in [-0.1, -0.05) is 43.4 Å². The number of carboxylic acid groups (broad SMARTS) is 1. The zero-order valence-corrected chi connectivity index (χ0v) is 16.7. The molecule has 154 valence electrons. The van der Waals surface area contributed by atoms with E-state index in [2.05, 4.69) is 0 Å². The van der Waals surface area contributed by atoms with Crippen LogP contribution in [0.2, 0.25) is 0 Å². The molecule has 0 radical (unpaired) electrons. The van der Waals surface area contributed by atoms with Crippen molar-refractivity contribution >= 4 is 5.97 Å². The number of rotatable bonds is 10. The number of aliphatic hydroxyl groups is 2. The van der Waals surface area contributed by atoms with Gasteiger partial charge in [-0.25, -0.2) is 0 Å². The van der Waals surface area contributed by atoms with E-state index in [9.17, 15) is 15.0 Å². The Morgan fingerprint density at radius 3 is 2.79 bits per heavy atom. The molecule has 1 saturated carbocycles. The lowest BCUT2D eigenvalue weighted by Gasteiger charge is -2.18. The molecule has 0 aromatic heterocycles. The predicted molar refractivity (Wildman–Crippen MR) is 109 cm³/mol. The van der Waals surface area contributed by atoms with Gasteiger partial charge in [-0.2, -0.15) is 0 Å². The molecule has 28 heavy (non-hydrogen) atoms. The Hall–Kier alpha value is -2.11. The molecule has 2 rings (SSSR count). The van der Waals surface area contributed by atoms with E-state index in [0.717, 1.165) is 24.2 Å². The molecule has 1 aromatic carbocycles. The summed E-state index contributed by atoms with van der Waals surface area (Å²) in [6.45, 7) is 4.01. The van der Waals surface area contributed by atoms with Crippen molar-refractivity contribution in [3.63, 3.8) is 0 Å². The fraction of sp³-hybridized carbons (Fsp3) is 0.522. The average molecular weight is 389 g/mol. The quantitative estimate of drug-likeness (QED) is 0.532. The van der Waals surface area contributed by atoms with Crippen molar-refractivity contribution in [2.45, 2.75) is 51.7 Å². The maximum absolute atomic E-state index is 11.1. The number of allylic oxidation sites excluding steroid dienone is 2. The number of aliphatic carboxylic acids is 1. The Kier molecular flexibility index (Phi) is 8.74. The summed E-state index contributed by atoms with van der Waals surface area (Å²) in [6.07, 6.45) is 8.95. The largest absolute Gasteiger partial charge is 0.491 e. The smallest absolute Gasteiger partial charge is 0.310 e. The van der Waals surface area contributed by atoms with E-state index in [1.165, 1.54) is 0 Å². The number of hydrogen-bond donors (Lipinski definition) is 3. The summed E-state index contributed by atoms with van der Waals surface area (Å²) in [7, 11) is 0. The highest BCUT2D eigenvalue weighted by atomic mass is 16.5. The standard InChI is InChI=1S/C23H32O5/c1-3-17(23(26)27)7-5-9-21-18(11-13-22(21)25)10-12-19(24)15-28-20-8-4-6-16(2)14-20/h4-8,10,12,14,17-19,21-22,24-25H,3,9,11,13,15H2,1-2H3,(H,26,27)/b7-5-,12-10+/t17?,18-,19+,21+,22-/m0/s1. The molecule has 1 aliphatic rings. The Morgan fingerprint density at radius 2 is 2.11 bits per heavy atom. The minimum Gasteiger partial charge on any atom is -0.491 e. The number of benzene rings is 1. The molecule has 1 fully saturated rings. The van der Waals surface area contributed by atoms with Crippen LogP contribution in [-0.4, -0.2) is 40.1 Å². The Balaban J connectivity index is 1.86. The molecule has 5 heteroatoms. The molecule has 0 spiro atoms. The Bertz CT molecular complexity index is 681. The van der Waals surface area contributed by atoms with Crippen LogP contribution in [0, 0.1) is 24.7 Å². The molecule has 3 N–H and O–H groups in total. The average Bonchev–Trinajstić information content (AvgIpc) is 3.01. The Morgan fingerprint density at radius 1 is 1.32 bits per heavy atom. The van der Waals surface area contributed by atoms with Crippen LogP contribution in [0.5, 0.6) is 5.75 Å². The number of carboxylic acids is 1. The van der Waals surface area contributed by atoms with E-state index in [1.54, 1.807) is 12.2 Å². The predicted octanol–water partition coefficient (Wildman–Crippen LogP) is 3.74. The van der Waals surface area contributed by atoms with Crippen LogP contribution in [0.1, 0.15) is 38.2 Å². The van der Waals surface area contributed by atoms with Gasteiger partial charge < -0.3 is 20.1 Å². The van der Waals surface area contributed by atoms with Gasteiger partial charge in [0.05, 0.1) is 12.0 Å². The van der Waals surface area contributed by atoms with Crippen molar-refractivity contribution in [3.05, 3.63) is 54.1 Å². The molecular formula is C23H32O5. The van der Waals surface area contributed by atoms with Gasteiger partial charge in [-0.15, -0.1) is 0 Å². The fourth-order valence-electron chi connectivity index (χ4n) is 3.65. The lowest BCUT2D eigenvalue weighted by Crippen LogP contribution is -2.19. The molecule has 0 aliphatic heterocycles. The first-order valence-corrected chi connectivity index (χ1v) is 10.0. The van der Waals surface area contributed by atoms with Crippen molar-refractivity contribution in [2.24, 2.45) is 17.8 Å². The van der Waals surface area contributed by atoms with Crippen molar-refractivity contribution < 1.29 is 24.9 Å². The van der Waals surface area contributed by atoms with Gasteiger partial charge in [0.1, 0.15) is 18.5 Å². The molecule has 1 aromatic rings. The molecule has 0 bridgehead atoms. The normalized spacial score (nSPS) is 24.6. The highest BCUT2D eigenvalue weighted by Crippen LogP contribution is 2.36. The summed E-state index contributed by atoms with van der Waals surface area (Å²) in [4.78, 5) is 11.1. The van der Waals surface area contributed by atoms with Crippen LogP contribution in [0.4, 0.5) is 0 Å². The second-order valence-corrected chi connectivity index (χ2v) is 7.57. The lowest BCUT2D eigenvalue weighted by atomic mass is 9.90. The first-order valence-electron chi connectivity index (χ1n) is 10.0. The van der Waals surface area contributed by atoms with Gasteiger partial charge in [0.2, 0.25) is 0 Å². The van der Waals surface area contributed by atoms with E-state index in [0.29, 0.717) is 12.8 Å². The molecule has 5 atom stereocenters. The Labute approximate surface area is 167 Å². The molecule has 0 heterocycles. The molecular weight excluding hydrogens is 356 g/mol. The second-order valence-electron chi connectivity index (χ2n) is 7.57. The van der Waals surface area contributed by atoms with Crippen molar-refractivity contribution in [3.8, 4) is 5.75 Å². The SMILES string of the molecule is CCC(/C=C\C[C@H]1[C@@H](O)CC[C@@H]1/C=C/[C@@H](O)COc1cccc(C)c1)C(=O)O. The minimum absolute atomic E-state index is 0.0451. The lowest BCUT2D eigenvalue weighted by molar-refractivity contribution is -0.140. The number of aryl methyl sites for hydroxylation is 1. The van der Waals surface area contributed by atoms with Crippen LogP contribution in [0.25, 0.3) is 0 Å². The van der Waals surface area contributed by atoms with Gasteiger partial charge in [0, 0.05) is 0 Å². The molecule has 1 unspecified atom stereocenters. The number of hydrogen-bond acceptors (Lipinski definition) is 4. The van der Waals surface area contributed by atoms with Gasteiger partial charge in [0.25, 0.3) is 0 Å². The first-order chi connectivity index (χ1) is 13.4. The van der Waals surface area contributed by atoms with Crippen LogP contribution in [0.3, 0.4) is 0 Å². The third kappa shape index (κ3) is 6.80. The summed E-state index contributed by atoms with van der Waals surface area (Å²) in [5, 5.41) is 29.6.